The number of hydrogen-bond donors (Lipinski definition) is 0. The maximum Gasteiger partial charge on any atom is 0.190 e. The molecule has 3 aliphatic heterocycles. The quantitative estimate of drug-likeness (QED) is 0.734. The van der Waals surface area contributed by atoms with E-state index < -0.39 is 17.9 Å². The fraction of sp³-hybridized carbons (Fsp3) is 0.857. The summed E-state index contributed by atoms with van der Waals surface area (Å²) < 4.78 is 34.8. The third-order valence-corrected chi connectivity index (χ3v) is 3.63. The first-order valence-corrected chi connectivity index (χ1v) is 6.90. The molecule has 0 aromatic carbocycles. The van der Waals surface area contributed by atoms with Crippen molar-refractivity contribution < 1.29 is 28.4 Å². The van der Waals surface area contributed by atoms with E-state index in [9.17, 15) is 0 Å². The summed E-state index contributed by atoms with van der Waals surface area (Å²) in [6.45, 7) is 11.4. The third kappa shape index (κ3) is 2.46. The molecule has 114 valence electrons. The first-order valence-electron chi connectivity index (χ1n) is 6.90. The van der Waals surface area contributed by atoms with Crippen LogP contribution < -0.4 is 0 Å². The molecule has 0 spiro atoms. The van der Waals surface area contributed by atoms with Crippen LogP contribution >= 0.6 is 0 Å². The molecular formula is C14H22O6. The van der Waals surface area contributed by atoms with Crippen LogP contribution in [-0.4, -0.2) is 48.9 Å². The van der Waals surface area contributed by atoms with Crippen LogP contribution in [0.15, 0.2) is 12.8 Å². The number of hydrogen-bond acceptors (Lipinski definition) is 6. The molecule has 1 unspecified atom stereocenters. The second-order valence-electron chi connectivity index (χ2n) is 6.21. The molecule has 6 nitrogen and oxygen atoms in total. The molecule has 0 aromatic rings. The fourth-order valence-corrected chi connectivity index (χ4v) is 2.99. The summed E-state index contributed by atoms with van der Waals surface area (Å²) in [6, 6.07) is 0. The highest BCUT2D eigenvalue weighted by Gasteiger charge is 2.60. The number of rotatable bonds is 3. The van der Waals surface area contributed by atoms with Crippen molar-refractivity contribution in [3.63, 3.8) is 0 Å². The van der Waals surface area contributed by atoms with Crippen LogP contribution in [0.5, 0.6) is 0 Å². The molecule has 3 heterocycles. The van der Waals surface area contributed by atoms with Crippen molar-refractivity contribution in [2.75, 3.05) is 6.61 Å². The molecular weight excluding hydrogens is 264 g/mol. The van der Waals surface area contributed by atoms with E-state index in [1.807, 2.05) is 27.7 Å². The van der Waals surface area contributed by atoms with Crippen LogP contribution in [-0.2, 0) is 28.4 Å². The SMILES string of the molecule is C=COC[C@H]1O[C@@H]2OC(C)(C)O[C@@H]2C2OC(C)(C)O[C@H]21. The van der Waals surface area contributed by atoms with Gasteiger partial charge in [0.15, 0.2) is 17.9 Å². The second-order valence-corrected chi connectivity index (χ2v) is 6.21. The Morgan fingerprint density at radius 1 is 0.950 bits per heavy atom. The monoisotopic (exact) mass is 286 g/mol. The Kier molecular flexibility index (Phi) is 3.34. The van der Waals surface area contributed by atoms with Gasteiger partial charge in [-0.2, -0.15) is 0 Å². The predicted molar refractivity (Wildman–Crippen MR) is 68.7 cm³/mol. The minimum Gasteiger partial charge on any atom is -0.499 e. The van der Waals surface area contributed by atoms with E-state index in [0.717, 1.165) is 0 Å². The molecule has 0 bridgehead atoms. The molecule has 20 heavy (non-hydrogen) atoms. The normalized spacial score (nSPS) is 44.7. The van der Waals surface area contributed by atoms with Crippen LogP contribution in [0, 0.1) is 0 Å². The molecule has 0 N–H and O–H groups in total. The van der Waals surface area contributed by atoms with E-state index >= 15 is 0 Å². The van der Waals surface area contributed by atoms with Gasteiger partial charge in [0.05, 0.1) is 6.26 Å². The highest BCUT2D eigenvalue weighted by Crippen LogP contribution is 2.44. The van der Waals surface area contributed by atoms with Crippen LogP contribution in [0.1, 0.15) is 27.7 Å². The van der Waals surface area contributed by atoms with Crippen LogP contribution in [0.3, 0.4) is 0 Å². The lowest BCUT2D eigenvalue weighted by Crippen LogP contribution is -2.56. The van der Waals surface area contributed by atoms with Crippen LogP contribution in [0.4, 0.5) is 0 Å². The highest BCUT2D eigenvalue weighted by molar-refractivity contribution is 5.00. The first-order chi connectivity index (χ1) is 9.31. The molecule has 0 amide bonds. The van der Waals surface area contributed by atoms with Crippen LogP contribution in [0.2, 0.25) is 0 Å². The topological polar surface area (TPSA) is 55.4 Å². The summed E-state index contributed by atoms with van der Waals surface area (Å²) in [5, 5.41) is 0. The van der Waals surface area contributed by atoms with Gasteiger partial charge in [-0.1, -0.05) is 6.58 Å². The number of ether oxygens (including phenoxy) is 6. The second kappa shape index (κ2) is 4.68. The Morgan fingerprint density at radius 3 is 2.25 bits per heavy atom. The molecule has 3 saturated heterocycles. The van der Waals surface area contributed by atoms with Crippen molar-refractivity contribution in [3.05, 3.63) is 12.8 Å². The summed E-state index contributed by atoms with van der Waals surface area (Å²) in [6.07, 6.45) is -0.133. The summed E-state index contributed by atoms with van der Waals surface area (Å²) in [5.41, 5.74) is 0. The average molecular weight is 286 g/mol. The van der Waals surface area contributed by atoms with Crippen molar-refractivity contribution in [1.82, 2.24) is 0 Å². The number of fused-ring (bicyclic) bond motifs is 3. The highest BCUT2D eigenvalue weighted by atomic mass is 16.9. The zero-order valence-corrected chi connectivity index (χ0v) is 12.3. The van der Waals surface area contributed by atoms with Gasteiger partial charge in [-0.05, 0) is 27.7 Å². The van der Waals surface area contributed by atoms with Crippen molar-refractivity contribution in [1.29, 1.82) is 0 Å². The summed E-state index contributed by atoms with van der Waals surface area (Å²) in [5.74, 6) is -1.36. The van der Waals surface area contributed by atoms with Crippen molar-refractivity contribution >= 4 is 0 Å². The van der Waals surface area contributed by atoms with E-state index in [1.54, 1.807) is 0 Å². The summed E-state index contributed by atoms with van der Waals surface area (Å²) in [4.78, 5) is 0. The maximum absolute atomic E-state index is 5.98. The van der Waals surface area contributed by atoms with Gasteiger partial charge >= 0.3 is 0 Å². The summed E-state index contributed by atoms with van der Waals surface area (Å²) >= 11 is 0. The largest absolute Gasteiger partial charge is 0.499 e. The zero-order valence-electron chi connectivity index (χ0n) is 12.3. The molecule has 0 radical (unpaired) electrons. The van der Waals surface area contributed by atoms with Crippen molar-refractivity contribution in [2.45, 2.75) is 70.0 Å². The Hall–Kier alpha value is -0.660. The van der Waals surface area contributed by atoms with Gasteiger partial charge in [0.2, 0.25) is 0 Å². The van der Waals surface area contributed by atoms with E-state index in [1.165, 1.54) is 6.26 Å². The predicted octanol–water partition coefficient (Wildman–Crippen LogP) is 1.54. The van der Waals surface area contributed by atoms with E-state index in [2.05, 4.69) is 6.58 Å². The Bertz CT molecular complexity index is 393. The van der Waals surface area contributed by atoms with Gasteiger partial charge in [-0.3, -0.25) is 0 Å². The minimum atomic E-state index is -0.690. The van der Waals surface area contributed by atoms with Gasteiger partial charge in [-0.15, -0.1) is 0 Å². The van der Waals surface area contributed by atoms with Crippen molar-refractivity contribution in [2.24, 2.45) is 0 Å². The van der Waals surface area contributed by atoms with Crippen molar-refractivity contribution in [3.8, 4) is 0 Å². The Labute approximate surface area is 118 Å². The fourth-order valence-electron chi connectivity index (χ4n) is 2.99. The van der Waals surface area contributed by atoms with E-state index in [4.69, 9.17) is 28.4 Å². The molecule has 5 atom stereocenters. The smallest absolute Gasteiger partial charge is 0.190 e. The molecule has 3 rings (SSSR count). The molecule has 0 aliphatic carbocycles. The zero-order chi connectivity index (χ0) is 14.5. The van der Waals surface area contributed by atoms with E-state index in [-0.39, 0.29) is 24.4 Å². The average Bonchev–Trinajstić information content (AvgIpc) is 2.80. The van der Waals surface area contributed by atoms with E-state index in [0.29, 0.717) is 6.61 Å². The maximum atomic E-state index is 5.98. The molecule has 0 aromatic heterocycles. The lowest BCUT2D eigenvalue weighted by atomic mass is 9.99. The van der Waals surface area contributed by atoms with Gasteiger partial charge in [0, 0.05) is 0 Å². The third-order valence-electron chi connectivity index (χ3n) is 3.63. The Morgan fingerprint density at radius 2 is 1.55 bits per heavy atom. The van der Waals surface area contributed by atoms with Crippen LogP contribution in [0.25, 0.3) is 0 Å². The van der Waals surface area contributed by atoms with Gasteiger partial charge in [-0.25, -0.2) is 0 Å². The minimum absolute atomic E-state index is 0.232. The van der Waals surface area contributed by atoms with Gasteiger partial charge < -0.3 is 28.4 Å². The molecule has 0 saturated carbocycles. The summed E-state index contributed by atoms with van der Waals surface area (Å²) in [7, 11) is 0. The lowest BCUT2D eigenvalue weighted by molar-refractivity contribution is -0.240. The molecule has 3 aliphatic rings. The Balaban J connectivity index is 1.82. The lowest BCUT2D eigenvalue weighted by Gasteiger charge is -2.36. The molecule has 6 heteroatoms. The molecule has 3 fully saturated rings. The first kappa shape index (κ1) is 14.3. The van der Waals surface area contributed by atoms with Gasteiger partial charge in [0.25, 0.3) is 0 Å². The standard InChI is InChI=1S/C14H22O6/c1-6-15-7-8-9-10(18-13(2,3)17-9)11-12(16-8)20-14(4,5)19-11/h6,8-12H,1,7H2,2-5H3/t8-,9+,10?,11-,12-/m1/s1. The van der Waals surface area contributed by atoms with Gasteiger partial charge in [0.1, 0.15) is 31.0 Å².